The molecule has 0 radical (unpaired) electrons. The van der Waals surface area contributed by atoms with Gasteiger partial charge in [0.15, 0.2) is 4.84 Å². The Labute approximate surface area is 160 Å². The summed E-state index contributed by atoms with van der Waals surface area (Å²) in [6, 6.07) is 15.0. The topological polar surface area (TPSA) is 78.0 Å². The zero-order valence-corrected chi connectivity index (χ0v) is 15.7. The van der Waals surface area contributed by atoms with Gasteiger partial charge in [0.2, 0.25) is 10.0 Å². The first-order valence-electron chi connectivity index (χ1n) is 7.03. The van der Waals surface area contributed by atoms with Crippen molar-refractivity contribution >= 4 is 44.8 Å². The maximum atomic E-state index is 11.9. The monoisotopic (exact) mass is 415 g/mol. The van der Waals surface area contributed by atoms with Gasteiger partial charge in [-0.15, -0.1) is 0 Å². The molecule has 0 saturated carbocycles. The molecule has 0 bridgehead atoms. The summed E-state index contributed by atoms with van der Waals surface area (Å²) in [7, 11) is -3.95. The minimum atomic E-state index is -3.95. The zero-order valence-electron chi connectivity index (χ0n) is 12.6. The van der Waals surface area contributed by atoms with Crippen molar-refractivity contribution < 1.29 is 8.42 Å². The Morgan fingerprint density at radius 2 is 1.68 bits per heavy atom. The molecule has 9 heteroatoms. The number of hydrogen-bond acceptors (Lipinski definition) is 3. The molecule has 0 aliphatic rings. The number of primary sulfonamides is 1. The van der Waals surface area contributed by atoms with Crippen LogP contribution < -0.4 is 5.14 Å². The van der Waals surface area contributed by atoms with Crippen molar-refractivity contribution in [3.63, 3.8) is 0 Å². The fourth-order valence-corrected chi connectivity index (χ4v) is 3.44. The molecule has 2 aromatic carbocycles. The first-order valence-corrected chi connectivity index (χ1v) is 9.83. The van der Waals surface area contributed by atoms with Crippen LogP contribution in [0.1, 0.15) is 10.5 Å². The van der Waals surface area contributed by atoms with Gasteiger partial charge in [-0.05, 0) is 30.3 Å². The molecule has 130 valence electrons. The normalized spacial score (nSPS) is 11.9. The average Bonchev–Trinajstić information content (AvgIpc) is 3.00. The highest BCUT2D eigenvalue weighted by atomic mass is 35.5. The minimum Gasteiger partial charge on any atom is -0.231 e. The van der Waals surface area contributed by atoms with E-state index >= 15 is 0 Å². The molecule has 0 spiro atoms. The third-order valence-corrected chi connectivity index (χ3v) is 5.15. The largest absolute Gasteiger partial charge is 0.240 e. The van der Waals surface area contributed by atoms with Gasteiger partial charge in [0, 0.05) is 10.6 Å². The van der Waals surface area contributed by atoms with Crippen molar-refractivity contribution in [1.82, 2.24) is 9.78 Å². The lowest BCUT2D eigenvalue weighted by atomic mass is 10.1. The molecule has 0 fully saturated rings. The van der Waals surface area contributed by atoms with Crippen molar-refractivity contribution in [3.8, 4) is 16.9 Å². The summed E-state index contributed by atoms with van der Waals surface area (Å²) in [5.74, 6) is 0. The number of nitrogens with two attached hydrogens (primary N) is 1. The van der Waals surface area contributed by atoms with Crippen molar-refractivity contribution in [2.24, 2.45) is 5.14 Å². The molecular formula is C16H12Cl3N3O2S. The first kappa shape index (κ1) is 18.2. The fraction of sp³-hybridized carbons (Fsp3) is 0.0625. The molecule has 2 N–H and O–H groups in total. The lowest BCUT2D eigenvalue weighted by Gasteiger charge is -2.11. The summed E-state index contributed by atoms with van der Waals surface area (Å²) < 4.78 is 25.3. The maximum Gasteiger partial charge on any atom is 0.240 e. The van der Waals surface area contributed by atoms with Crippen molar-refractivity contribution in [2.75, 3.05) is 0 Å². The number of sulfonamides is 1. The SMILES string of the molecule is NS(=O)(=O)c1ccccc1-n1nc(C(Cl)Cl)cc1-c1ccc(Cl)cc1. The van der Waals surface area contributed by atoms with Crippen LogP contribution in [0, 0.1) is 0 Å². The summed E-state index contributed by atoms with van der Waals surface area (Å²) in [5.41, 5.74) is 2.06. The van der Waals surface area contributed by atoms with Crippen LogP contribution in [0.15, 0.2) is 59.5 Å². The quantitative estimate of drug-likeness (QED) is 0.643. The maximum absolute atomic E-state index is 11.9. The number of rotatable bonds is 4. The second-order valence-electron chi connectivity index (χ2n) is 5.19. The standard InChI is InChI=1S/C16H12Cl3N3O2S/c17-11-7-5-10(6-8-11)14-9-12(16(18)19)21-22(14)13-3-1-2-4-15(13)25(20,23)24/h1-9,16H,(H2,20,23,24). The summed E-state index contributed by atoms with van der Waals surface area (Å²) in [6.07, 6.45) is 0. The Hall–Kier alpha value is -1.57. The van der Waals surface area contributed by atoms with Gasteiger partial charge in [-0.3, -0.25) is 0 Å². The van der Waals surface area contributed by atoms with Gasteiger partial charge in [-0.2, -0.15) is 5.10 Å². The number of aromatic nitrogens is 2. The number of nitrogens with zero attached hydrogens (tertiary/aromatic N) is 2. The third kappa shape index (κ3) is 3.83. The molecular weight excluding hydrogens is 405 g/mol. The Balaban J connectivity index is 2.28. The third-order valence-electron chi connectivity index (χ3n) is 3.49. The van der Waals surface area contributed by atoms with E-state index in [1.54, 1.807) is 48.5 Å². The minimum absolute atomic E-state index is 0.0550. The highest BCUT2D eigenvalue weighted by Crippen LogP contribution is 2.32. The molecule has 0 atom stereocenters. The molecule has 5 nitrogen and oxygen atoms in total. The predicted octanol–water partition coefficient (Wildman–Crippen LogP) is 4.32. The molecule has 3 aromatic rings. The summed E-state index contributed by atoms with van der Waals surface area (Å²) in [6.45, 7) is 0. The Kier molecular flexibility index (Phi) is 5.09. The number of halogens is 3. The zero-order chi connectivity index (χ0) is 18.2. The van der Waals surface area contributed by atoms with E-state index in [9.17, 15) is 8.42 Å². The van der Waals surface area contributed by atoms with Gasteiger partial charge in [-0.25, -0.2) is 18.2 Å². The predicted molar refractivity (Wildman–Crippen MR) is 99.8 cm³/mol. The molecule has 0 aliphatic heterocycles. The van der Waals surface area contributed by atoms with Crippen LogP contribution in [0.3, 0.4) is 0 Å². The van der Waals surface area contributed by atoms with Crippen LogP contribution in [-0.4, -0.2) is 18.2 Å². The van der Waals surface area contributed by atoms with Crippen molar-refractivity contribution in [2.45, 2.75) is 9.73 Å². The van der Waals surface area contributed by atoms with Gasteiger partial charge < -0.3 is 0 Å². The lowest BCUT2D eigenvalue weighted by molar-refractivity contribution is 0.596. The van der Waals surface area contributed by atoms with Crippen LogP contribution >= 0.6 is 34.8 Å². The second kappa shape index (κ2) is 6.97. The lowest BCUT2D eigenvalue weighted by Crippen LogP contribution is -2.16. The first-order chi connectivity index (χ1) is 11.8. The summed E-state index contributed by atoms with van der Waals surface area (Å²) in [4.78, 5) is -0.922. The Bertz CT molecular complexity index is 1020. The average molecular weight is 417 g/mol. The van der Waals surface area contributed by atoms with Crippen LogP contribution in [-0.2, 0) is 10.0 Å². The van der Waals surface area contributed by atoms with Crippen molar-refractivity contribution in [1.29, 1.82) is 0 Å². The number of alkyl halides is 2. The number of hydrogen-bond donors (Lipinski definition) is 1. The summed E-state index contributed by atoms with van der Waals surface area (Å²) >= 11 is 17.8. The van der Waals surface area contributed by atoms with E-state index in [-0.39, 0.29) is 4.90 Å². The smallest absolute Gasteiger partial charge is 0.231 e. The van der Waals surface area contributed by atoms with Crippen molar-refractivity contribution in [3.05, 3.63) is 65.3 Å². The molecule has 0 amide bonds. The Morgan fingerprint density at radius 1 is 1.04 bits per heavy atom. The van der Waals surface area contributed by atoms with Gasteiger partial charge >= 0.3 is 0 Å². The van der Waals surface area contributed by atoms with Crippen LogP contribution in [0.5, 0.6) is 0 Å². The van der Waals surface area contributed by atoms with E-state index in [0.717, 1.165) is 5.56 Å². The molecule has 0 saturated heterocycles. The van der Waals surface area contributed by atoms with Gasteiger partial charge in [0.05, 0.1) is 17.1 Å². The summed E-state index contributed by atoms with van der Waals surface area (Å²) in [5, 5.41) is 10.3. The Morgan fingerprint density at radius 3 is 2.28 bits per heavy atom. The molecule has 3 rings (SSSR count). The highest BCUT2D eigenvalue weighted by molar-refractivity contribution is 7.89. The highest BCUT2D eigenvalue weighted by Gasteiger charge is 2.21. The molecule has 25 heavy (non-hydrogen) atoms. The van der Waals surface area contributed by atoms with E-state index in [1.807, 2.05) is 0 Å². The van der Waals surface area contributed by atoms with E-state index in [2.05, 4.69) is 5.10 Å². The van der Waals surface area contributed by atoms with Gasteiger partial charge in [-0.1, -0.05) is 59.1 Å². The fourth-order valence-electron chi connectivity index (χ4n) is 2.39. The van der Waals surface area contributed by atoms with E-state index in [0.29, 0.717) is 22.1 Å². The van der Waals surface area contributed by atoms with Crippen LogP contribution in [0.2, 0.25) is 5.02 Å². The van der Waals surface area contributed by atoms with E-state index in [1.165, 1.54) is 10.7 Å². The second-order valence-corrected chi connectivity index (χ2v) is 8.25. The van der Waals surface area contributed by atoms with Gasteiger partial charge in [0.1, 0.15) is 4.90 Å². The molecule has 1 heterocycles. The number of benzene rings is 2. The van der Waals surface area contributed by atoms with Crippen LogP contribution in [0.4, 0.5) is 0 Å². The molecule has 0 unspecified atom stereocenters. The van der Waals surface area contributed by atoms with Gasteiger partial charge in [0.25, 0.3) is 0 Å². The van der Waals surface area contributed by atoms with Crippen LogP contribution in [0.25, 0.3) is 16.9 Å². The van der Waals surface area contributed by atoms with E-state index in [4.69, 9.17) is 39.9 Å². The molecule has 1 aromatic heterocycles. The molecule has 0 aliphatic carbocycles. The van der Waals surface area contributed by atoms with E-state index < -0.39 is 14.9 Å². The number of para-hydroxylation sites is 1.